The van der Waals surface area contributed by atoms with E-state index >= 15 is 0 Å². The Balaban J connectivity index is 2.29. The second-order valence-corrected chi connectivity index (χ2v) is 7.24. The van der Waals surface area contributed by atoms with Crippen molar-refractivity contribution >= 4 is 31.9 Å². The van der Waals surface area contributed by atoms with Crippen molar-refractivity contribution in [3.63, 3.8) is 0 Å². The van der Waals surface area contributed by atoms with Gasteiger partial charge in [0.05, 0.1) is 6.61 Å². The van der Waals surface area contributed by atoms with Crippen molar-refractivity contribution in [3.8, 4) is 5.75 Å². The van der Waals surface area contributed by atoms with Crippen molar-refractivity contribution in [2.24, 2.45) is 0 Å². The maximum absolute atomic E-state index is 5.75. The summed E-state index contributed by atoms with van der Waals surface area (Å²) in [5.74, 6) is 0.952. The molecule has 0 N–H and O–H groups in total. The molecule has 112 valence electrons. The van der Waals surface area contributed by atoms with Crippen molar-refractivity contribution in [2.75, 3.05) is 6.61 Å². The summed E-state index contributed by atoms with van der Waals surface area (Å²) in [7, 11) is 0. The van der Waals surface area contributed by atoms with Gasteiger partial charge in [-0.2, -0.15) is 0 Å². The monoisotopic (exact) mass is 410 g/mol. The summed E-state index contributed by atoms with van der Waals surface area (Å²) < 4.78 is 6.83. The summed E-state index contributed by atoms with van der Waals surface area (Å²) in [5, 5.41) is 0. The molecule has 0 spiro atoms. The van der Waals surface area contributed by atoms with Crippen LogP contribution < -0.4 is 4.74 Å². The zero-order chi connectivity index (χ0) is 15.4. The third-order valence-electron chi connectivity index (χ3n) is 3.51. The van der Waals surface area contributed by atoms with E-state index in [-0.39, 0.29) is 4.83 Å². The number of aryl methyl sites for hydroxylation is 2. The maximum Gasteiger partial charge on any atom is 0.123 e. The zero-order valence-electron chi connectivity index (χ0n) is 12.6. The highest BCUT2D eigenvalue weighted by Crippen LogP contribution is 2.36. The van der Waals surface area contributed by atoms with Crippen LogP contribution in [0.5, 0.6) is 5.75 Å². The molecule has 0 fully saturated rings. The Kier molecular flexibility index (Phi) is 5.88. The number of rotatable bonds is 5. The standard InChI is InChI=1S/C18H20Br2O/c1-4-21-18-8-7-15(19)11-16(18)17(20)10-14-9-12(2)5-6-13(14)3/h5-9,11,17H,4,10H2,1-3H3. The van der Waals surface area contributed by atoms with Crippen LogP contribution in [0.4, 0.5) is 0 Å². The van der Waals surface area contributed by atoms with E-state index in [9.17, 15) is 0 Å². The molecule has 0 saturated carbocycles. The van der Waals surface area contributed by atoms with E-state index in [2.05, 4.69) is 70.0 Å². The molecule has 0 saturated heterocycles. The van der Waals surface area contributed by atoms with E-state index < -0.39 is 0 Å². The zero-order valence-corrected chi connectivity index (χ0v) is 15.8. The van der Waals surface area contributed by atoms with Crippen LogP contribution in [-0.4, -0.2) is 6.61 Å². The van der Waals surface area contributed by atoms with Crippen molar-refractivity contribution in [3.05, 3.63) is 63.1 Å². The largest absolute Gasteiger partial charge is 0.494 e. The second kappa shape index (κ2) is 7.46. The average Bonchev–Trinajstić information content (AvgIpc) is 2.45. The second-order valence-electron chi connectivity index (χ2n) is 5.22. The van der Waals surface area contributed by atoms with E-state index in [1.54, 1.807) is 0 Å². The van der Waals surface area contributed by atoms with Crippen LogP contribution in [0.2, 0.25) is 0 Å². The fourth-order valence-electron chi connectivity index (χ4n) is 2.37. The van der Waals surface area contributed by atoms with Gasteiger partial charge >= 0.3 is 0 Å². The lowest BCUT2D eigenvalue weighted by molar-refractivity contribution is 0.336. The Hall–Kier alpha value is -0.800. The SMILES string of the molecule is CCOc1ccc(Br)cc1C(Br)Cc1cc(C)ccc1C. The van der Waals surface area contributed by atoms with Gasteiger partial charge in [0, 0.05) is 14.9 Å². The molecular weight excluding hydrogens is 392 g/mol. The molecular formula is C18H20Br2O. The Labute approximate surface area is 144 Å². The smallest absolute Gasteiger partial charge is 0.123 e. The Bertz CT molecular complexity index is 623. The number of benzene rings is 2. The van der Waals surface area contributed by atoms with Crippen molar-refractivity contribution in [1.82, 2.24) is 0 Å². The van der Waals surface area contributed by atoms with E-state index in [1.165, 1.54) is 22.3 Å². The van der Waals surface area contributed by atoms with Gasteiger partial charge in [-0.3, -0.25) is 0 Å². The Morgan fingerprint density at radius 1 is 1.10 bits per heavy atom. The van der Waals surface area contributed by atoms with E-state index in [0.29, 0.717) is 6.61 Å². The molecule has 2 aromatic carbocycles. The van der Waals surface area contributed by atoms with Gasteiger partial charge in [-0.05, 0) is 56.5 Å². The first-order valence-corrected chi connectivity index (χ1v) is 8.84. The minimum absolute atomic E-state index is 0.233. The fraction of sp³-hybridized carbons (Fsp3) is 0.333. The van der Waals surface area contributed by atoms with Crippen molar-refractivity contribution in [1.29, 1.82) is 0 Å². The van der Waals surface area contributed by atoms with Gasteiger partial charge < -0.3 is 4.74 Å². The summed E-state index contributed by atoms with van der Waals surface area (Å²) in [6.07, 6.45) is 0.948. The van der Waals surface area contributed by atoms with Crippen molar-refractivity contribution in [2.45, 2.75) is 32.0 Å². The van der Waals surface area contributed by atoms with Crippen LogP contribution in [0.25, 0.3) is 0 Å². The van der Waals surface area contributed by atoms with Gasteiger partial charge in [-0.1, -0.05) is 55.6 Å². The molecule has 0 aliphatic heterocycles. The molecule has 0 aliphatic rings. The van der Waals surface area contributed by atoms with E-state index in [0.717, 1.165) is 16.6 Å². The summed E-state index contributed by atoms with van der Waals surface area (Å²) in [6, 6.07) is 12.8. The van der Waals surface area contributed by atoms with Crippen LogP contribution in [-0.2, 0) is 6.42 Å². The predicted molar refractivity (Wildman–Crippen MR) is 96.6 cm³/mol. The molecule has 0 radical (unpaired) electrons. The third kappa shape index (κ3) is 4.33. The molecule has 0 bridgehead atoms. The van der Waals surface area contributed by atoms with Gasteiger partial charge in [0.2, 0.25) is 0 Å². The first-order chi connectivity index (χ1) is 10.0. The normalized spacial score (nSPS) is 12.2. The maximum atomic E-state index is 5.75. The Morgan fingerprint density at radius 3 is 2.57 bits per heavy atom. The van der Waals surface area contributed by atoms with Crippen molar-refractivity contribution < 1.29 is 4.74 Å². The first kappa shape index (κ1) is 16.6. The predicted octanol–water partition coefficient (Wildman–Crippen LogP) is 6.14. The molecule has 0 amide bonds. The first-order valence-electron chi connectivity index (χ1n) is 7.13. The summed E-state index contributed by atoms with van der Waals surface area (Å²) >= 11 is 7.39. The van der Waals surface area contributed by atoms with Crippen LogP contribution in [0.1, 0.15) is 34.0 Å². The molecule has 2 rings (SSSR count). The summed E-state index contributed by atoms with van der Waals surface area (Å²) in [5.41, 5.74) is 5.19. The quantitative estimate of drug-likeness (QED) is 0.536. The Morgan fingerprint density at radius 2 is 1.86 bits per heavy atom. The number of ether oxygens (including phenoxy) is 1. The average molecular weight is 412 g/mol. The van der Waals surface area contributed by atoms with Crippen LogP contribution in [0.3, 0.4) is 0 Å². The lowest BCUT2D eigenvalue weighted by Gasteiger charge is -2.17. The number of hydrogen-bond donors (Lipinski definition) is 0. The van der Waals surface area contributed by atoms with E-state index in [1.807, 2.05) is 19.1 Å². The molecule has 0 aromatic heterocycles. The highest BCUT2D eigenvalue weighted by atomic mass is 79.9. The van der Waals surface area contributed by atoms with E-state index in [4.69, 9.17) is 4.74 Å². The molecule has 1 unspecified atom stereocenters. The number of alkyl halides is 1. The molecule has 1 atom stereocenters. The molecule has 0 aliphatic carbocycles. The molecule has 2 aromatic rings. The van der Waals surface area contributed by atoms with Crippen LogP contribution >= 0.6 is 31.9 Å². The minimum Gasteiger partial charge on any atom is -0.494 e. The summed E-state index contributed by atoms with van der Waals surface area (Å²) in [4.78, 5) is 0.233. The van der Waals surface area contributed by atoms with Gasteiger partial charge in [0.1, 0.15) is 5.75 Å². The minimum atomic E-state index is 0.233. The van der Waals surface area contributed by atoms with Gasteiger partial charge in [0.15, 0.2) is 0 Å². The lowest BCUT2D eigenvalue weighted by Crippen LogP contribution is -2.02. The van der Waals surface area contributed by atoms with Crippen LogP contribution in [0.15, 0.2) is 40.9 Å². The van der Waals surface area contributed by atoms with Gasteiger partial charge in [-0.25, -0.2) is 0 Å². The van der Waals surface area contributed by atoms with Gasteiger partial charge in [0.25, 0.3) is 0 Å². The topological polar surface area (TPSA) is 9.23 Å². The molecule has 3 heteroatoms. The summed E-state index contributed by atoms with van der Waals surface area (Å²) in [6.45, 7) is 6.99. The lowest BCUT2D eigenvalue weighted by atomic mass is 9.98. The van der Waals surface area contributed by atoms with Gasteiger partial charge in [-0.15, -0.1) is 0 Å². The molecule has 1 nitrogen and oxygen atoms in total. The van der Waals surface area contributed by atoms with Crippen LogP contribution in [0, 0.1) is 13.8 Å². The highest BCUT2D eigenvalue weighted by molar-refractivity contribution is 9.10. The highest BCUT2D eigenvalue weighted by Gasteiger charge is 2.15. The number of hydrogen-bond acceptors (Lipinski definition) is 1. The number of halogens is 2. The molecule has 21 heavy (non-hydrogen) atoms. The fourth-order valence-corrected chi connectivity index (χ4v) is 3.46. The molecule has 0 heterocycles. The third-order valence-corrected chi connectivity index (χ3v) is 4.82.